The lowest BCUT2D eigenvalue weighted by atomic mass is 9.78. The smallest absolute Gasteiger partial charge is 0.410 e. The van der Waals surface area contributed by atoms with Gasteiger partial charge in [0.05, 0.1) is 42.1 Å². The maximum Gasteiger partial charge on any atom is 0.410 e. The Hall–Kier alpha value is -3.53. The third kappa shape index (κ3) is 4.01. The van der Waals surface area contributed by atoms with E-state index in [-0.39, 0.29) is 11.7 Å². The highest BCUT2D eigenvalue weighted by molar-refractivity contribution is 5.77. The van der Waals surface area contributed by atoms with E-state index < -0.39 is 5.60 Å². The average molecular weight is 471 g/mol. The van der Waals surface area contributed by atoms with Crippen molar-refractivity contribution in [3.8, 4) is 11.8 Å². The Balaban J connectivity index is 1.17. The number of aromatic nitrogens is 2. The van der Waals surface area contributed by atoms with Crippen LogP contribution >= 0.6 is 0 Å². The van der Waals surface area contributed by atoms with E-state index >= 15 is 0 Å². The molecule has 3 heterocycles. The predicted octanol–water partition coefficient (Wildman–Crippen LogP) is 5.20. The number of rotatable bonds is 4. The summed E-state index contributed by atoms with van der Waals surface area (Å²) in [7, 11) is 0. The van der Waals surface area contributed by atoms with Crippen molar-refractivity contribution < 1.29 is 14.3 Å². The van der Waals surface area contributed by atoms with Crippen LogP contribution in [-0.4, -0.2) is 38.3 Å². The number of fused-ring (bicyclic) bond motifs is 2. The first-order valence-electron chi connectivity index (χ1n) is 12.5. The van der Waals surface area contributed by atoms with Crippen LogP contribution in [-0.2, 0) is 24.2 Å². The van der Waals surface area contributed by atoms with E-state index in [0.717, 1.165) is 61.0 Å². The zero-order valence-corrected chi connectivity index (χ0v) is 20.3. The van der Waals surface area contributed by atoms with Gasteiger partial charge in [0, 0.05) is 18.5 Å². The maximum atomic E-state index is 13.0. The Morgan fingerprint density at radius 3 is 2.97 bits per heavy atom. The predicted molar refractivity (Wildman–Crippen MR) is 131 cm³/mol. The topological polar surface area (TPSA) is 80.4 Å². The number of nitrogens with zero attached hydrogens (tertiary/aromatic N) is 4. The van der Waals surface area contributed by atoms with Crippen LogP contribution in [0.25, 0.3) is 11.0 Å². The Bertz CT molecular complexity index is 1350. The fraction of sp³-hybridized carbons (Fsp3) is 0.464. The monoisotopic (exact) mass is 470 g/mol. The molecule has 0 unspecified atom stereocenters. The highest BCUT2D eigenvalue weighted by atomic mass is 16.6. The first-order chi connectivity index (χ1) is 16.8. The van der Waals surface area contributed by atoms with Crippen molar-refractivity contribution in [1.82, 2.24) is 14.5 Å². The molecule has 7 nitrogen and oxygen atoms in total. The van der Waals surface area contributed by atoms with Gasteiger partial charge in [-0.15, -0.1) is 0 Å². The van der Waals surface area contributed by atoms with E-state index in [1.165, 1.54) is 5.56 Å². The minimum absolute atomic E-state index is 0.215. The SMILES string of the molecule is CC1(C)Cc2cccc(CN3C[C@@]4(CCC[C@H](Cn5cnc6ccc(C#N)cc65)C4)OC3=O)c2O1. The molecule has 35 heavy (non-hydrogen) atoms. The minimum Gasteiger partial charge on any atom is -0.487 e. The molecule has 1 amide bonds. The number of imidazole rings is 1. The van der Waals surface area contributed by atoms with E-state index in [2.05, 4.69) is 47.7 Å². The summed E-state index contributed by atoms with van der Waals surface area (Å²) >= 11 is 0. The quantitative estimate of drug-likeness (QED) is 0.523. The van der Waals surface area contributed by atoms with Gasteiger partial charge in [0.15, 0.2) is 0 Å². The summed E-state index contributed by atoms with van der Waals surface area (Å²) in [5, 5.41) is 9.28. The minimum atomic E-state index is -0.438. The lowest BCUT2D eigenvalue weighted by molar-refractivity contribution is 0.00414. The largest absolute Gasteiger partial charge is 0.487 e. The van der Waals surface area contributed by atoms with Gasteiger partial charge in [-0.3, -0.25) is 4.90 Å². The number of carbonyl (C=O) groups excluding carboxylic acids is 1. The number of nitriles is 1. The van der Waals surface area contributed by atoms with Crippen LogP contribution < -0.4 is 4.74 Å². The molecule has 3 aromatic rings. The van der Waals surface area contributed by atoms with Crippen molar-refractivity contribution in [1.29, 1.82) is 5.26 Å². The summed E-state index contributed by atoms with van der Waals surface area (Å²) in [6, 6.07) is 14.0. The molecule has 1 aromatic heterocycles. The Kier molecular flexibility index (Phi) is 5.03. The number of amides is 1. The molecule has 2 atom stereocenters. The number of ether oxygens (including phenoxy) is 2. The first kappa shape index (κ1) is 22.0. The second-order valence-corrected chi connectivity index (χ2v) is 11.0. The number of carbonyl (C=O) groups is 1. The van der Waals surface area contributed by atoms with Gasteiger partial charge in [-0.1, -0.05) is 18.2 Å². The maximum absolute atomic E-state index is 13.0. The third-order valence-corrected chi connectivity index (χ3v) is 7.69. The van der Waals surface area contributed by atoms with Crippen LogP contribution in [0.3, 0.4) is 0 Å². The van der Waals surface area contributed by atoms with Gasteiger partial charge in [0.25, 0.3) is 0 Å². The molecule has 2 aromatic carbocycles. The standard InChI is InChI=1S/C28H30N4O3/c1-27(2)13-21-6-3-7-22(25(21)34-27)16-31-17-28(35-26(31)33)10-4-5-20(12-28)15-32-18-30-23-9-8-19(14-29)11-24(23)32/h3,6-9,11,18,20H,4-5,10,12-13,15-17H2,1-2H3/t20-,28-/m0/s1. The molecule has 3 aliphatic rings. The van der Waals surface area contributed by atoms with E-state index in [1.54, 1.807) is 6.07 Å². The van der Waals surface area contributed by atoms with Gasteiger partial charge >= 0.3 is 6.09 Å². The van der Waals surface area contributed by atoms with Crippen LogP contribution in [0.4, 0.5) is 4.79 Å². The average Bonchev–Trinajstić information content (AvgIpc) is 3.46. The van der Waals surface area contributed by atoms with Gasteiger partial charge in [0.1, 0.15) is 17.0 Å². The highest BCUT2D eigenvalue weighted by Gasteiger charge is 2.48. The molecule has 0 bridgehead atoms. The van der Waals surface area contributed by atoms with E-state index in [1.807, 2.05) is 23.4 Å². The highest BCUT2D eigenvalue weighted by Crippen LogP contribution is 2.43. The zero-order chi connectivity index (χ0) is 24.2. The molecule has 2 aliphatic heterocycles. The van der Waals surface area contributed by atoms with Crippen molar-refractivity contribution in [2.24, 2.45) is 5.92 Å². The van der Waals surface area contributed by atoms with E-state index in [9.17, 15) is 10.1 Å². The summed E-state index contributed by atoms with van der Waals surface area (Å²) in [6.07, 6.45) is 6.36. The van der Waals surface area contributed by atoms with Crippen molar-refractivity contribution in [3.05, 3.63) is 59.4 Å². The van der Waals surface area contributed by atoms with Crippen molar-refractivity contribution >= 4 is 17.1 Å². The summed E-state index contributed by atoms with van der Waals surface area (Å²) in [4.78, 5) is 19.3. The number of para-hydroxylation sites is 1. The van der Waals surface area contributed by atoms with Crippen molar-refractivity contribution in [3.63, 3.8) is 0 Å². The molecule has 2 fully saturated rings. The fourth-order valence-corrected chi connectivity index (χ4v) is 6.21. The van der Waals surface area contributed by atoms with Gasteiger partial charge in [-0.25, -0.2) is 9.78 Å². The summed E-state index contributed by atoms with van der Waals surface area (Å²) < 4.78 is 14.5. The second kappa shape index (κ2) is 8.01. The zero-order valence-electron chi connectivity index (χ0n) is 20.3. The van der Waals surface area contributed by atoms with E-state index in [4.69, 9.17) is 9.47 Å². The Morgan fingerprint density at radius 1 is 1.23 bits per heavy atom. The molecular weight excluding hydrogens is 440 g/mol. The van der Waals surface area contributed by atoms with Gasteiger partial charge < -0.3 is 14.0 Å². The lowest BCUT2D eigenvalue weighted by Crippen LogP contribution is -2.40. The third-order valence-electron chi connectivity index (χ3n) is 7.69. The van der Waals surface area contributed by atoms with E-state index in [0.29, 0.717) is 24.6 Å². The van der Waals surface area contributed by atoms with Gasteiger partial charge in [-0.05, 0) is 69.2 Å². The molecule has 1 saturated carbocycles. The number of hydrogen-bond donors (Lipinski definition) is 0. The second-order valence-electron chi connectivity index (χ2n) is 11.0. The number of benzene rings is 2. The van der Waals surface area contributed by atoms with Crippen LogP contribution in [0.2, 0.25) is 0 Å². The number of hydrogen-bond acceptors (Lipinski definition) is 5. The normalized spacial score (nSPS) is 24.9. The fourth-order valence-electron chi connectivity index (χ4n) is 6.21. The Morgan fingerprint density at radius 2 is 2.11 bits per heavy atom. The van der Waals surface area contributed by atoms with Crippen LogP contribution in [0, 0.1) is 17.2 Å². The summed E-state index contributed by atoms with van der Waals surface area (Å²) in [6.45, 7) is 6.12. The first-order valence-corrected chi connectivity index (χ1v) is 12.5. The lowest BCUT2D eigenvalue weighted by Gasteiger charge is -2.36. The molecule has 1 saturated heterocycles. The molecule has 0 N–H and O–H groups in total. The van der Waals surface area contributed by atoms with Crippen LogP contribution in [0.15, 0.2) is 42.7 Å². The molecule has 180 valence electrons. The van der Waals surface area contributed by atoms with Gasteiger partial charge in [-0.2, -0.15) is 5.26 Å². The molecular formula is C28H30N4O3. The molecule has 1 spiro atoms. The van der Waals surface area contributed by atoms with Crippen molar-refractivity contribution in [2.75, 3.05) is 6.54 Å². The van der Waals surface area contributed by atoms with Crippen LogP contribution in [0.1, 0.15) is 56.2 Å². The molecule has 6 rings (SSSR count). The summed E-state index contributed by atoms with van der Waals surface area (Å²) in [5.74, 6) is 1.31. The van der Waals surface area contributed by atoms with Crippen molar-refractivity contribution in [2.45, 2.75) is 70.2 Å². The molecule has 7 heteroatoms. The van der Waals surface area contributed by atoms with Crippen LogP contribution in [0.5, 0.6) is 5.75 Å². The summed E-state index contributed by atoms with van der Waals surface area (Å²) in [5.41, 5.74) is 4.12. The molecule has 1 aliphatic carbocycles. The Labute approximate surface area is 205 Å². The van der Waals surface area contributed by atoms with Gasteiger partial charge in [0.2, 0.25) is 0 Å². The molecule has 0 radical (unpaired) electrons.